The number of aromatic nitrogens is 1. The van der Waals surface area contributed by atoms with Gasteiger partial charge in [0.1, 0.15) is 11.8 Å². The quantitative estimate of drug-likeness (QED) is 0.596. The number of nitro groups is 1. The molecule has 2 rings (SSSR count). The number of nitriles is 1. The molecule has 5 nitrogen and oxygen atoms in total. The van der Waals surface area contributed by atoms with Crippen LogP contribution in [-0.2, 0) is 6.54 Å². The minimum absolute atomic E-state index is 0.0711. The van der Waals surface area contributed by atoms with Crippen molar-refractivity contribution in [3.05, 3.63) is 64.0 Å². The number of nitrogens with zero attached hydrogens (tertiary/aromatic N) is 3. The third-order valence-corrected chi connectivity index (χ3v) is 2.44. The molecule has 1 aromatic heterocycles. The normalized spacial score (nSPS) is 9.82. The zero-order valence-electron chi connectivity index (χ0n) is 8.91. The molecule has 0 saturated carbocycles. The van der Waals surface area contributed by atoms with Crippen LogP contribution in [0.3, 0.4) is 0 Å². The van der Waals surface area contributed by atoms with Gasteiger partial charge in [-0.2, -0.15) is 5.26 Å². The van der Waals surface area contributed by atoms with Gasteiger partial charge in [0.05, 0.1) is 4.92 Å². The lowest BCUT2D eigenvalue weighted by atomic mass is 10.2. The first-order valence-corrected chi connectivity index (χ1v) is 4.99. The lowest BCUT2D eigenvalue weighted by Gasteiger charge is -2.04. The fourth-order valence-electron chi connectivity index (χ4n) is 1.57. The summed E-state index contributed by atoms with van der Waals surface area (Å²) in [6, 6.07) is 11.9. The summed E-state index contributed by atoms with van der Waals surface area (Å²) in [4.78, 5) is 10.1. The van der Waals surface area contributed by atoms with Gasteiger partial charge in [0.15, 0.2) is 0 Å². The fraction of sp³-hybridized carbons (Fsp3) is 0.0833. The highest BCUT2D eigenvalue weighted by molar-refractivity contribution is 5.33. The second-order valence-electron chi connectivity index (χ2n) is 3.56. The molecule has 0 amide bonds. The summed E-state index contributed by atoms with van der Waals surface area (Å²) in [6.45, 7) is 0.536. The van der Waals surface area contributed by atoms with Crippen molar-refractivity contribution in [2.45, 2.75) is 6.54 Å². The number of hydrogen-bond donors (Lipinski definition) is 0. The van der Waals surface area contributed by atoms with Crippen molar-refractivity contribution < 1.29 is 4.92 Å². The van der Waals surface area contributed by atoms with Crippen molar-refractivity contribution in [2.75, 3.05) is 0 Å². The Kier molecular flexibility index (Phi) is 2.88. The van der Waals surface area contributed by atoms with Gasteiger partial charge in [-0.3, -0.25) is 10.1 Å². The van der Waals surface area contributed by atoms with Gasteiger partial charge in [-0.05, 0) is 17.7 Å². The molecule has 0 fully saturated rings. The highest BCUT2D eigenvalue weighted by Gasteiger charge is 2.05. The lowest BCUT2D eigenvalue weighted by molar-refractivity contribution is -0.384. The largest absolute Gasteiger partial charge is 0.335 e. The number of rotatable bonds is 3. The molecular formula is C12H9N3O2. The number of benzene rings is 1. The average molecular weight is 227 g/mol. The second kappa shape index (κ2) is 4.49. The maximum atomic E-state index is 10.5. The molecule has 17 heavy (non-hydrogen) atoms. The maximum absolute atomic E-state index is 10.5. The Morgan fingerprint density at radius 1 is 1.29 bits per heavy atom. The summed E-state index contributed by atoms with van der Waals surface area (Å²) in [6.07, 6.45) is 1.81. The van der Waals surface area contributed by atoms with E-state index < -0.39 is 4.92 Å². The number of non-ortho nitro benzene ring substituents is 1. The van der Waals surface area contributed by atoms with Crippen molar-refractivity contribution in [2.24, 2.45) is 0 Å². The molecule has 0 spiro atoms. The Morgan fingerprint density at radius 3 is 2.59 bits per heavy atom. The fourth-order valence-corrected chi connectivity index (χ4v) is 1.57. The smallest absolute Gasteiger partial charge is 0.269 e. The molecule has 0 saturated heterocycles. The molecule has 0 bridgehead atoms. The lowest BCUT2D eigenvalue weighted by Crippen LogP contribution is -2.00. The van der Waals surface area contributed by atoms with E-state index in [0.29, 0.717) is 12.2 Å². The van der Waals surface area contributed by atoms with Crippen LogP contribution in [-0.4, -0.2) is 9.49 Å². The Morgan fingerprint density at radius 2 is 2.00 bits per heavy atom. The number of nitro benzene ring substituents is 1. The van der Waals surface area contributed by atoms with Crippen LogP contribution in [0.4, 0.5) is 5.69 Å². The molecule has 0 aliphatic rings. The summed E-state index contributed by atoms with van der Waals surface area (Å²) >= 11 is 0. The summed E-state index contributed by atoms with van der Waals surface area (Å²) in [5.74, 6) is 0. The van der Waals surface area contributed by atoms with Gasteiger partial charge in [0.2, 0.25) is 0 Å². The molecule has 1 heterocycles. The first kappa shape index (κ1) is 10.9. The van der Waals surface area contributed by atoms with Crippen LogP contribution < -0.4 is 0 Å². The van der Waals surface area contributed by atoms with Gasteiger partial charge in [0, 0.05) is 24.9 Å². The van der Waals surface area contributed by atoms with E-state index in [-0.39, 0.29) is 5.69 Å². The van der Waals surface area contributed by atoms with E-state index in [9.17, 15) is 10.1 Å². The molecule has 0 N–H and O–H groups in total. The Bertz CT molecular complexity index is 579. The van der Waals surface area contributed by atoms with E-state index in [0.717, 1.165) is 5.56 Å². The highest BCUT2D eigenvalue weighted by Crippen LogP contribution is 2.13. The van der Waals surface area contributed by atoms with E-state index in [2.05, 4.69) is 6.07 Å². The van der Waals surface area contributed by atoms with Crippen molar-refractivity contribution in [3.8, 4) is 6.07 Å². The van der Waals surface area contributed by atoms with Gasteiger partial charge in [-0.15, -0.1) is 0 Å². The van der Waals surface area contributed by atoms with E-state index in [4.69, 9.17) is 5.26 Å². The monoisotopic (exact) mass is 227 g/mol. The number of hydrogen-bond acceptors (Lipinski definition) is 3. The molecule has 0 radical (unpaired) electrons. The van der Waals surface area contributed by atoms with Gasteiger partial charge in [-0.25, -0.2) is 0 Å². The van der Waals surface area contributed by atoms with Crippen LogP contribution in [0.25, 0.3) is 0 Å². The van der Waals surface area contributed by atoms with Crippen molar-refractivity contribution in [1.29, 1.82) is 5.26 Å². The molecule has 0 atom stereocenters. The van der Waals surface area contributed by atoms with E-state index in [1.807, 2.05) is 0 Å². The van der Waals surface area contributed by atoms with Crippen molar-refractivity contribution >= 4 is 5.69 Å². The van der Waals surface area contributed by atoms with E-state index in [1.54, 1.807) is 35.0 Å². The molecule has 1 aromatic carbocycles. The van der Waals surface area contributed by atoms with Gasteiger partial charge in [0.25, 0.3) is 5.69 Å². The minimum Gasteiger partial charge on any atom is -0.335 e. The van der Waals surface area contributed by atoms with Crippen LogP contribution >= 0.6 is 0 Å². The van der Waals surface area contributed by atoms with E-state index in [1.165, 1.54) is 12.1 Å². The first-order chi connectivity index (χ1) is 8.20. The predicted molar refractivity (Wildman–Crippen MR) is 61.3 cm³/mol. The van der Waals surface area contributed by atoms with Crippen molar-refractivity contribution in [3.63, 3.8) is 0 Å². The summed E-state index contributed by atoms with van der Waals surface area (Å²) in [7, 11) is 0. The van der Waals surface area contributed by atoms with Gasteiger partial charge in [-0.1, -0.05) is 12.1 Å². The van der Waals surface area contributed by atoms with Gasteiger partial charge < -0.3 is 4.57 Å². The zero-order valence-corrected chi connectivity index (χ0v) is 8.91. The van der Waals surface area contributed by atoms with Crippen LogP contribution in [0, 0.1) is 21.4 Å². The van der Waals surface area contributed by atoms with Crippen molar-refractivity contribution in [1.82, 2.24) is 4.57 Å². The first-order valence-electron chi connectivity index (χ1n) is 4.99. The van der Waals surface area contributed by atoms with Crippen LogP contribution in [0.15, 0.2) is 42.6 Å². The highest BCUT2D eigenvalue weighted by atomic mass is 16.6. The predicted octanol–water partition coefficient (Wildman–Crippen LogP) is 2.32. The Labute approximate surface area is 97.7 Å². The molecule has 0 aliphatic carbocycles. The summed E-state index contributed by atoms with van der Waals surface area (Å²) in [5.41, 5.74) is 1.56. The summed E-state index contributed by atoms with van der Waals surface area (Å²) in [5, 5.41) is 19.3. The van der Waals surface area contributed by atoms with Crippen LogP contribution in [0.2, 0.25) is 0 Å². The SMILES string of the molecule is N#Cc1cccn1Cc1ccc([N+](=O)[O-])cc1. The molecule has 0 aliphatic heterocycles. The second-order valence-corrected chi connectivity index (χ2v) is 3.56. The van der Waals surface area contributed by atoms with Crippen LogP contribution in [0.5, 0.6) is 0 Å². The maximum Gasteiger partial charge on any atom is 0.269 e. The molecular weight excluding hydrogens is 218 g/mol. The third kappa shape index (κ3) is 2.32. The summed E-state index contributed by atoms with van der Waals surface area (Å²) < 4.78 is 1.79. The third-order valence-electron chi connectivity index (χ3n) is 2.44. The molecule has 84 valence electrons. The Balaban J connectivity index is 2.20. The van der Waals surface area contributed by atoms with Gasteiger partial charge >= 0.3 is 0 Å². The molecule has 2 aromatic rings. The molecule has 5 heteroatoms. The van der Waals surface area contributed by atoms with E-state index >= 15 is 0 Å². The average Bonchev–Trinajstić information content (AvgIpc) is 2.77. The zero-order chi connectivity index (χ0) is 12.3. The van der Waals surface area contributed by atoms with Crippen LogP contribution in [0.1, 0.15) is 11.3 Å². The molecule has 0 unspecified atom stereocenters. The minimum atomic E-state index is -0.430. The topological polar surface area (TPSA) is 71.9 Å². The standard InChI is InChI=1S/C12H9N3O2/c13-8-12-2-1-7-14(12)9-10-3-5-11(6-4-10)15(16)17/h1-7H,9H2. The Hall–Kier alpha value is -2.61.